The van der Waals surface area contributed by atoms with Crippen LogP contribution in [0.5, 0.6) is 0 Å². The smallest absolute Gasteiger partial charge is 0.256 e. The number of nitrogens with zero attached hydrogens (tertiary/aromatic N) is 1. The van der Waals surface area contributed by atoms with Gasteiger partial charge in [0, 0.05) is 5.69 Å². The number of amides is 2. The molecule has 1 aliphatic heterocycles. The van der Waals surface area contributed by atoms with Crippen molar-refractivity contribution in [1.82, 2.24) is 0 Å². The van der Waals surface area contributed by atoms with E-state index in [0.29, 0.717) is 5.69 Å². The summed E-state index contributed by atoms with van der Waals surface area (Å²) in [6.07, 6.45) is 3.60. The van der Waals surface area contributed by atoms with Gasteiger partial charge < -0.3 is 5.32 Å². The standard InChI is InChI=1S/C22H26N2O2/c1-4-5-8-17-10-12-18(13-11-17)23-19-14-21(25)24(22(19)26)20-9-6-7-15(2)16(20)3/h6-7,9-13,19,23H,4-5,8,14H2,1-3H3. The molecule has 2 aromatic rings. The van der Waals surface area contributed by atoms with Gasteiger partial charge in [-0.3, -0.25) is 9.59 Å². The molecule has 0 radical (unpaired) electrons. The molecule has 1 unspecified atom stereocenters. The third-order valence-corrected chi connectivity index (χ3v) is 5.08. The summed E-state index contributed by atoms with van der Waals surface area (Å²) in [5, 5.41) is 3.23. The van der Waals surface area contributed by atoms with Crippen molar-refractivity contribution in [1.29, 1.82) is 0 Å². The van der Waals surface area contributed by atoms with Gasteiger partial charge in [-0.1, -0.05) is 37.6 Å². The number of benzene rings is 2. The molecule has 1 heterocycles. The third-order valence-electron chi connectivity index (χ3n) is 5.08. The van der Waals surface area contributed by atoms with Crippen LogP contribution in [0.2, 0.25) is 0 Å². The van der Waals surface area contributed by atoms with Crippen molar-refractivity contribution < 1.29 is 9.59 Å². The molecule has 0 spiro atoms. The number of hydrogen-bond acceptors (Lipinski definition) is 3. The summed E-state index contributed by atoms with van der Waals surface area (Å²) >= 11 is 0. The van der Waals surface area contributed by atoms with Crippen LogP contribution in [-0.2, 0) is 16.0 Å². The molecule has 2 amide bonds. The van der Waals surface area contributed by atoms with Crippen LogP contribution in [0.25, 0.3) is 0 Å². The first-order chi connectivity index (χ1) is 12.5. The fourth-order valence-corrected chi connectivity index (χ4v) is 3.33. The van der Waals surface area contributed by atoms with Gasteiger partial charge in [-0.05, 0) is 61.6 Å². The Morgan fingerprint density at radius 3 is 2.50 bits per heavy atom. The number of aryl methyl sites for hydroxylation is 2. The van der Waals surface area contributed by atoms with Gasteiger partial charge in [-0.25, -0.2) is 4.90 Å². The first-order valence-corrected chi connectivity index (χ1v) is 9.29. The van der Waals surface area contributed by atoms with Crippen molar-refractivity contribution in [3.8, 4) is 0 Å². The van der Waals surface area contributed by atoms with Gasteiger partial charge in [-0.2, -0.15) is 0 Å². The summed E-state index contributed by atoms with van der Waals surface area (Å²) in [6.45, 7) is 6.11. The Labute approximate surface area is 155 Å². The molecule has 1 aliphatic rings. The van der Waals surface area contributed by atoms with E-state index in [2.05, 4.69) is 24.4 Å². The SMILES string of the molecule is CCCCc1ccc(NC2CC(=O)N(c3cccc(C)c3C)C2=O)cc1. The Balaban J connectivity index is 1.74. The third kappa shape index (κ3) is 3.64. The topological polar surface area (TPSA) is 49.4 Å². The van der Waals surface area contributed by atoms with Crippen molar-refractivity contribution in [2.24, 2.45) is 0 Å². The molecule has 1 atom stereocenters. The summed E-state index contributed by atoms with van der Waals surface area (Å²) in [5.41, 5.74) is 4.90. The molecular weight excluding hydrogens is 324 g/mol. The summed E-state index contributed by atoms with van der Waals surface area (Å²) in [5.74, 6) is -0.334. The molecule has 1 saturated heterocycles. The Hall–Kier alpha value is -2.62. The molecule has 136 valence electrons. The van der Waals surface area contributed by atoms with Crippen LogP contribution < -0.4 is 10.2 Å². The van der Waals surface area contributed by atoms with Crippen LogP contribution in [0.3, 0.4) is 0 Å². The van der Waals surface area contributed by atoms with Gasteiger partial charge in [0.15, 0.2) is 0 Å². The molecule has 0 saturated carbocycles. The highest BCUT2D eigenvalue weighted by atomic mass is 16.2. The van der Waals surface area contributed by atoms with E-state index in [1.165, 1.54) is 23.3 Å². The van der Waals surface area contributed by atoms with Crippen LogP contribution in [0, 0.1) is 13.8 Å². The molecule has 3 rings (SSSR count). The number of hydrogen-bond donors (Lipinski definition) is 1. The van der Waals surface area contributed by atoms with E-state index < -0.39 is 6.04 Å². The Morgan fingerprint density at radius 2 is 1.81 bits per heavy atom. The largest absolute Gasteiger partial charge is 0.373 e. The molecule has 4 heteroatoms. The van der Waals surface area contributed by atoms with Gasteiger partial charge in [0.25, 0.3) is 5.91 Å². The molecule has 1 fully saturated rings. The predicted molar refractivity (Wildman–Crippen MR) is 105 cm³/mol. The average molecular weight is 350 g/mol. The fourth-order valence-electron chi connectivity index (χ4n) is 3.33. The van der Waals surface area contributed by atoms with Crippen LogP contribution >= 0.6 is 0 Å². The maximum absolute atomic E-state index is 12.8. The van der Waals surface area contributed by atoms with Crippen LogP contribution in [-0.4, -0.2) is 17.9 Å². The number of unbranched alkanes of at least 4 members (excludes halogenated alkanes) is 1. The summed E-state index contributed by atoms with van der Waals surface area (Å²) in [4.78, 5) is 26.7. The van der Waals surface area contributed by atoms with Gasteiger partial charge in [0.1, 0.15) is 6.04 Å². The molecule has 1 N–H and O–H groups in total. The van der Waals surface area contributed by atoms with E-state index in [-0.39, 0.29) is 18.2 Å². The molecule has 0 aromatic heterocycles. The molecule has 26 heavy (non-hydrogen) atoms. The number of imide groups is 1. The van der Waals surface area contributed by atoms with Crippen molar-refractivity contribution in [3.05, 3.63) is 59.2 Å². The van der Waals surface area contributed by atoms with Crippen molar-refractivity contribution in [2.75, 3.05) is 10.2 Å². The van der Waals surface area contributed by atoms with Gasteiger partial charge in [-0.15, -0.1) is 0 Å². The van der Waals surface area contributed by atoms with Gasteiger partial charge >= 0.3 is 0 Å². The Bertz CT molecular complexity index is 811. The lowest BCUT2D eigenvalue weighted by atomic mass is 10.1. The molecule has 2 aromatic carbocycles. The van der Waals surface area contributed by atoms with Crippen molar-refractivity contribution in [3.63, 3.8) is 0 Å². The van der Waals surface area contributed by atoms with Gasteiger partial charge in [0.05, 0.1) is 12.1 Å². The highest BCUT2D eigenvalue weighted by Gasteiger charge is 2.40. The Morgan fingerprint density at radius 1 is 1.08 bits per heavy atom. The first-order valence-electron chi connectivity index (χ1n) is 9.29. The van der Waals surface area contributed by atoms with E-state index in [9.17, 15) is 9.59 Å². The van der Waals surface area contributed by atoms with E-state index >= 15 is 0 Å². The van der Waals surface area contributed by atoms with E-state index in [0.717, 1.165) is 23.2 Å². The lowest BCUT2D eigenvalue weighted by Crippen LogP contribution is -2.35. The monoisotopic (exact) mass is 350 g/mol. The van der Waals surface area contributed by atoms with E-state index in [4.69, 9.17) is 0 Å². The quantitative estimate of drug-likeness (QED) is 0.786. The average Bonchev–Trinajstić information content (AvgIpc) is 2.90. The highest BCUT2D eigenvalue weighted by Crippen LogP contribution is 2.29. The minimum atomic E-state index is -0.510. The number of carbonyl (C=O) groups excluding carboxylic acids is 2. The fraction of sp³-hybridized carbons (Fsp3) is 0.364. The van der Waals surface area contributed by atoms with E-state index in [1.54, 1.807) is 0 Å². The lowest BCUT2D eigenvalue weighted by Gasteiger charge is -2.19. The minimum Gasteiger partial charge on any atom is -0.373 e. The number of rotatable bonds is 6. The maximum Gasteiger partial charge on any atom is 0.256 e. The normalized spacial score (nSPS) is 17.0. The zero-order valence-corrected chi connectivity index (χ0v) is 15.7. The van der Waals surface area contributed by atoms with Crippen LogP contribution in [0.1, 0.15) is 42.9 Å². The highest BCUT2D eigenvalue weighted by molar-refractivity contribution is 6.23. The van der Waals surface area contributed by atoms with Crippen molar-refractivity contribution in [2.45, 2.75) is 52.5 Å². The zero-order valence-electron chi connectivity index (χ0n) is 15.7. The second-order valence-corrected chi connectivity index (χ2v) is 6.99. The first kappa shape index (κ1) is 18.2. The summed E-state index contributed by atoms with van der Waals surface area (Å²) in [6, 6.07) is 13.3. The number of nitrogens with one attached hydrogen (secondary N) is 1. The second-order valence-electron chi connectivity index (χ2n) is 6.99. The zero-order chi connectivity index (χ0) is 18.7. The molecule has 0 bridgehead atoms. The summed E-state index contributed by atoms with van der Waals surface area (Å²) < 4.78 is 0. The van der Waals surface area contributed by atoms with Crippen LogP contribution in [0.15, 0.2) is 42.5 Å². The number of carbonyl (C=O) groups is 2. The second kappa shape index (κ2) is 7.73. The van der Waals surface area contributed by atoms with E-state index in [1.807, 2.05) is 44.2 Å². The minimum absolute atomic E-state index is 0.152. The molecular formula is C22H26N2O2. The predicted octanol–water partition coefficient (Wildman–Crippen LogP) is 4.39. The number of anilines is 2. The lowest BCUT2D eigenvalue weighted by molar-refractivity contribution is -0.121. The van der Waals surface area contributed by atoms with Crippen molar-refractivity contribution >= 4 is 23.2 Å². The van der Waals surface area contributed by atoms with Crippen LogP contribution in [0.4, 0.5) is 11.4 Å². The van der Waals surface area contributed by atoms with Gasteiger partial charge in [0.2, 0.25) is 5.91 Å². The maximum atomic E-state index is 12.8. The Kier molecular flexibility index (Phi) is 5.40. The summed E-state index contributed by atoms with van der Waals surface area (Å²) in [7, 11) is 0. The molecule has 4 nitrogen and oxygen atoms in total. The molecule has 0 aliphatic carbocycles.